The molecule has 0 radical (unpaired) electrons. The maximum absolute atomic E-state index is 12.5. The Labute approximate surface area is 163 Å². The zero-order valence-corrected chi connectivity index (χ0v) is 16.6. The molecule has 1 amide bonds. The molecule has 7 nitrogen and oxygen atoms in total. The number of aromatic nitrogens is 2. The highest BCUT2D eigenvalue weighted by Crippen LogP contribution is 2.21. The van der Waals surface area contributed by atoms with Crippen molar-refractivity contribution in [3.63, 3.8) is 0 Å². The van der Waals surface area contributed by atoms with E-state index in [1.165, 1.54) is 40.9 Å². The number of carbonyl (C=O) groups excluding carboxylic acids is 1. The standard InChI is InChI=1S/C19H26N4O3S/c1-14-4-3-7-22(10-14)12-16-13-27-19(20-16)21-18(25)15-5-6-17(24)23(11-15)8-9-26-2/h5-6,11,13-14H,3-4,7-10,12H2,1-2H3,(H,20,21,25). The number of hydrogen-bond acceptors (Lipinski definition) is 6. The van der Waals surface area contributed by atoms with Gasteiger partial charge in [-0.05, 0) is 31.4 Å². The van der Waals surface area contributed by atoms with Crippen molar-refractivity contribution in [3.8, 4) is 0 Å². The molecule has 1 fully saturated rings. The van der Waals surface area contributed by atoms with E-state index >= 15 is 0 Å². The average molecular weight is 391 g/mol. The van der Waals surface area contributed by atoms with Crippen LogP contribution in [0.25, 0.3) is 0 Å². The van der Waals surface area contributed by atoms with Gasteiger partial charge in [-0.3, -0.25) is 19.8 Å². The van der Waals surface area contributed by atoms with Crippen LogP contribution in [0.15, 0.2) is 28.5 Å². The number of amides is 1. The Morgan fingerprint density at radius 3 is 3.07 bits per heavy atom. The molecule has 27 heavy (non-hydrogen) atoms. The summed E-state index contributed by atoms with van der Waals surface area (Å²) < 4.78 is 6.47. The maximum Gasteiger partial charge on any atom is 0.258 e. The van der Waals surface area contributed by atoms with Gasteiger partial charge in [0.25, 0.3) is 11.5 Å². The van der Waals surface area contributed by atoms with Crippen molar-refractivity contribution in [3.05, 3.63) is 45.3 Å². The summed E-state index contributed by atoms with van der Waals surface area (Å²) in [6, 6.07) is 2.93. The fraction of sp³-hybridized carbons (Fsp3) is 0.526. The van der Waals surface area contributed by atoms with Gasteiger partial charge >= 0.3 is 0 Å². The van der Waals surface area contributed by atoms with Gasteiger partial charge in [0.1, 0.15) is 0 Å². The molecule has 0 bridgehead atoms. The summed E-state index contributed by atoms with van der Waals surface area (Å²) in [7, 11) is 1.58. The largest absolute Gasteiger partial charge is 0.383 e. The zero-order valence-electron chi connectivity index (χ0n) is 15.8. The summed E-state index contributed by atoms with van der Waals surface area (Å²) in [5.74, 6) is 0.457. The van der Waals surface area contributed by atoms with E-state index in [1.807, 2.05) is 5.38 Å². The quantitative estimate of drug-likeness (QED) is 0.786. The number of carbonyl (C=O) groups is 1. The Hall–Kier alpha value is -2.03. The van der Waals surface area contributed by atoms with Gasteiger partial charge in [-0.2, -0.15) is 0 Å². The highest BCUT2D eigenvalue weighted by molar-refractivity contribution is 7.13. The van der Waals surface area contributed by atoms with Crippen LogP contribution < -0.4 is 10.9 Å². The van der Waals surface area contributed by atoms with E-state index in [-0.39, 0.29) is 11.5 Å². The maximum atomic E-state index is 12.5. The van der Waals surface area contributed by atoms with Crippen molar-refractivity contribution in [2.45, 2.75) is 32.9 Å². The third-order valence-corrected chi connectivity index (χ3v) is 5.49. The van der Waals surface area contributed by atoms with Crippen molar-refractivity contribution in [2.24, 2.45) is 5.92 Å². The number of nitrogens with one attached hydrogen (secondary N) is 1. The molecule has 1 N–H and O–H groups in total. The predicted molar refractivity (Wildman–Crippen MR) is 106 cm³/mol. The number of thiazole rings is 1. The minimum absolute atomic E-state index is 0.157. The number of rotatable bonds is 7. The van der Waals surface area contributed by atoms with Gasteiger partial charge in [-0.1, -0.05) is 6.92 Å². The highest BCUT2D eigenvalue weighted by Gasteiger charge is 2.18. The molecule has 1 saturated heterocycles. The molecule has 1 unspecified atom stereocenters. The van der Waals surface area contributed by atoms with Gasteiger partial charge in [0.2, 0.25) is 0 Å². The minimum Gasteiger partial charge on any atom is -0.383 e. The van der Waals surface area contributed by atoms with E-state index in [2.05, 4.69) is 22.1 Å². The summed E-state index contributed by atoms with van der Waals surface area (Å²) in [4.78, 5) is 31.3. The second-order valence-electron chi connectivity index (χ2n) is 7.02. The summed E-state index contributed by atoms with van der Waals surface area (Å²) in [6.45, 7) is 6.13. The lowest BCUT2D eigenvalue weighted by molar-refractivity contribution is 0.102. The molecule has 0 aromatic carbocycles. The highest BCUT2D eigenvalue weighted by atomic mass is 32.1. The monoisotopic (exact) mass is 390 g/mol. The molecule has 1 atom stereocenters. The third-order valence-electron chi connectivity index (χ3n) is 4.68. The van der Waals surface area contributed by atoms with E-state index in [9.17, 15) is 9.59 Å². The zero-order chi connectivity index (χ0) is 19.2. The second-order valence-corrected chi connectivity index (χ2v) is 7.88. The lowest BCUT2D eigenvalue weighted by atomic mass is 10.0. The molecular weight excluding hydrogens is 364 g/mol. The van der Waals surface area contributed by atoms with Crippen molar-refractivity contribution >= 4 is 22.4 Å². The van der Waals surface area contributed by atoms with Crippen LogP contribution in [-0.2, 0) is 17.8 Å². The number of likely N-dealkylation sites (tertiary alicyclic amines) is 1. The van der Waals surface area contributed by atoms with Gasteiger partial charge in [-0.25, -0.2) is 4.98 Å². The lowest BCUT2D eigenvalue weighted by Crippen LogP contribution is -2.33. The molecule has 8 heteroatoms. The van der Waals surface area contributed by atoms with Crippen LogP contribution >= 0.6 is 11.3 Å². The van der Waals surface area contributed by atoms with Gasteiger partial charge in [0, 0.05) is 44.4 Å². The van der Waals surface area contributed by atoms with Gasteiger partial charge in [0.05, 0.1) is 17.9 Å². The molecule has 0 saturated carbocycles. The summed E-state index contributed by atoms with van der Waals surface area (Å²) in [5, 5.41) is 5.40. The van der Waals surface area contributed by atoms with E-state index in [4.69, 9.17) is 4.74 Å². The number of nitrogens with zero attached hydrogens (tertiary/aromatic N) is 3. The first-order chi connectivity index (χ1) is 13.0. The number of ether oxygens (including phenoxy) is 1. The second kappa shape index (κ2) is 9.25. The number of hydrogen-bond donors (Lipinski definition) is 1. The number of anilines is 1. The van der Waals surface area contributed by atoms with Crippen LogP contribution in [0.4, 0.5) is 5.13 Å². The van der Waals surface area contributed by atoms with E-state index in [1.54, 1.807) is 13.3 Å². The molecule has 3 heterocycles. The number of piperidine rings is 1. The molecular formula is C19H26N4O3S. The van der Waals surface area contributed by atoms with E-state index < -0.39 is 0 Å². The minimum atomic E-state index is -0.270. The van der Waals surface area contributed by atoms with Gasteiger partial charge < -0.3 is 9.30 Å². The van der Waals surface area contributed by atoms with Crippen LogP contribution in [0.2, 0.25) is 0 Å². The topological polar surface area (TPSA) is 76.5 Å². The van der Waals surface area contributed by atoms with Crippen molar-refractivity contribution in [1.82, 2.24) is 14.5 Å². The van der Waals surface area contributed by atoms with E-state index in [0.29, 0.717) is 23.8 Å². The van der Waals surface area contributed by atoms with Crippen LogP contribution in [-0.4, -0.2) is 47.2 Å². The lowest BCUT2D eigenvalue weighted by Gasteiger charge is -2.30. The van der Waals surface area contributed by atoms with Crippen molar-refractivity contribution in [2.75, 3.05) is 32.1 Å². The molecule has 1 aliphatic rings. The molecule has 0 aliphatic carbocycles. The summed E-state index contributed by atoms with van der Waals surface area (Å²) in [6.07, 6.45) is 4.08. The first-order valence-corrected chi connectivity index (χ1v) is 10.1. The smallest absolute Gasteiger partial charge is 0.258 e. The Kier molecular flexibility index (Phi) is 6.76. The fourth-order valence-electron chi connectivity index (χ4n) is 3.30. The van der Waals surface area contributed by atoms with Crippen LogP contribution in [0.5, 0.6) is 0 Å². The fourth-order valence-corrected chi connectivity index (χ4v) is 3.99. The molecule has 1 aliphatic heterocycles. The third kappa shape index (κ3) is 5.47. The SMILES string of the molecule is COCCn1cc(C(=O)Nc2nc(CN3CCCC(C)C3)cs2)ccc1=O. The molecule has 2 aromatic heterocycles. The average Bonchev–Trinajstić information content (AvgIpc) is 3.07. The molecule has 2 aromatic rings. The summed E-state index contributed by atoms with van der Waals surface area (Å²) >= 11 is 1.42. The number of pyridine rings is 1. The first-order valence-electron chi connectivity index (χ1n) is 9.22. The van der Waals surface area contributed by atoms with Crippen molar-refractivity contribution < 1.29 is 9.53 Å². The Balaban J connectivity index is 1.61. The van der Waals surface area contributed by atoms with E-state index in [0.717, 1.165) is 31.2 Å². The Morgan fingerprint density at radius 2 is 2.30 bits per heavy atom. The van der Waals surface area contributed by atoms with Gasteiger partial charge in [0.15, 0.2) is 5.13 Å². The van der Waals surface area contributed by atoms with Gasteiger partial charge in [-0.15, -0.1) is 11.3 Å². The number of methoxy groups -OCH3 is 1. The van der Waals surface area contributed by atoms with Crippen LogP contribution in [0.1, 0.15) is 35.8 Å². The predicted octanol–water partition coefficient (Wildman–Crippen LogP) is 2.44. The summed E-state index contributed by atoms with van der Waals surface area (Å²) in [5.41, 5.74) is 1.25. The molecule has 3 rings (SSSR count). The Bertz CT molecular complexity index is 832. The normalized spacial score (nSPS) is 17.8. The first kappa shape index (κ1) is 19.7. The van der Waals surface area contributed by atoms with Crippen molar-refractivity contribution in [1.29, 1.82) is 0 Å². The van der Waals surface area contributed by atoms with Crippen LogP contribution in [0.3, 0.4) is 0 Å². The molecule has 146 valence electrons. The molecule has 0 spiro atoms. The van der Waals surface area contributed by atoms with Crippen LogP contribution in [0, 0.1) is 5.92 Å². The Morgan fingerprint density at radius 1 is 1.44 bits per heavy atom.